The molecule has 0 radical (unpaired) electrons. The van der Waals surface area contributed by atoms with Crippen LogP contribution in [-0.2, 0) is 6.61 Å². The number of aromatic nitrogens is 2. The Morgan fingerprint density at radius 1 is 1.33 bits per heavy atom. The monoisotopic (exact) mass is 290 g/mol. The van der Waals surface area contributed by atoms with Gasteiger partial charge in [0.15, 0.2) is 11.6 Å². The molecule has 0 fully saturated rings. The molecule has 0 saturated heterocycles. The van der Waals surface area contributed by atoms with Crippen LogP contribution in [0.1, 0.15) is 11.5 Å². The highest BCUT2D eigenvalue weighted by Gasteiger charge is 2.17. The Morgan fingerprint density at radius 3 is 2.71 bits per heavy atom. The first-order chi connectivity index (χ1) is 9.99. The van der Waals surface area contributed by atoms with Crippen LogP contribution in [0.2, 0.25) is 0 Å². The van der Waals surface area contributed by atoms with Crippen molar-refractivity contribution in [3.8, 4) is 11.5 Å². The third-order valence-corrected chi connectivity index (χ3v) is 2.64. The Hall–Kier alpha value is -2.90. The number of benzene rings is 1. The number of nitrogens with two attached hydrogens (primary N) is 1. The molecule has 8 nitrogen and oxygen atoms in total. The summed E-state index contributed by atoms with van der Waals surface area (Å²) in [6.07, 6.45) is 0. The molecule has 0 bridgehead atoms. The fraction of sp³-hybridized carbons (Fsp3) is 0.231. The Bertz CT molecular complexity index is 655. The number of methoxy groups -OCH3 is 1. The summed E-state index contributed by atoms with van der Waals surface area (Å²) in [4.78, 5) is 18.6. The van der Waals surface area contributed by atoms with Crippen molar-refractivity contribution in [2.75, 3.05) is 12.8 Å². The number of anilines is 1. The molecule has 1 aromatic heterocycles. The van der Waals surface area contributed by atoms with Gasteiger partial charge >= 0.3 is 5.69 Å². The largest absolute Gasteiger partial charge is 0.496 e. The van der Waals surface area contributed by atoms with E-state index >= 15 is 0 Å². The molecule has 1 aromatic carbocycles. The molecule has 2 N–H and O–H groups in total. The van der Waals surface area contributed by atoms with Crippen molar-refractivity contribution in [2.45, 2.75) is 13.5 Å². The van der Waals surface area contributed by atoms with E-state index in [2.05, 4.69) is 9.97 Å². The first kappa shape index (κ1) is 14.5. The predicted molar refractivity (Wildman–Crippen MR) is 75.2 cm³/mol. The van der Waals surface area contributed by atoms with E-state index in [0.717, 1.165) is 0 Å². The minimum atomic E-state index is -0.538. The second-order valence-electron chi connectivity index (χ2n) is 4.23. The molecule has 2 aromatic rings. The number of hydrogen-bond donors (Lipinski definition) is 1. The van der Waals surface area contributed by atoms with Crippen LogP contribution in [0.3, 0.4) is 0 Å². The summed E-state index contributed by atoms with van der Waals surface area (Å²) in [6, 6.07) is 5.96. The summed E-state index contributed by atoms with van der Waals surface area (Å²) >= 11 is 0. The van der Waals surface area contributed by atoms with Gasteiger partial charge in [0.05, 0.1) is 18.1 Å². The topological polar surface area (TPSA) is 113 Å². The summed E-state index contributed by atoms with van der Waals surface area (Å²) in [5, 5.41) is 11.0. The molecule has 1 heterocycles. The molecule has 0 aliphatic rings. The lowest BCUT2D eigenvalue weighted by atomic mass is 10.3. The van der Waals surface area contributed by atoms with Gasteiger partial charge in [0.25, 0.3) is 0 Å². The summed E-state index contributed by atoms with van der Waals surface area (Å²) in [7, 11) is 1.43. The lowest BCUT2D eigenvalue weighted by Crippen LogP contribution is -2.06. The number of ether oxygens (including phenoxy) is 2. The number of nitrogens with zero attached hydrogens (tertiary/aromatic N) is 3. The average molecular weight is 290 g/mol. The van der Waals surface area contributed by atoms with Gasteiger partial charge in [-0.3, -0.25) is 10.1 Å². The third-order valence-electron chi connectivity index (χ3n) is 2.64. The van der Waals surface area contributed by atoms with Crippen molar-refractivity contribution in [1.29, 1.82) is 0 Å². The first-order valence-corrected chi connectivity index (χ1v) is 6.05. The fourth-order valence-corrected chi connectivity index (χ4v) is 1.75. The van der Waals surface area contributed by atoms with Gasteiger partial charge in [-0.05, 0) is 19.1 Å². The van der Waals surface area contributed by atoms with E-state index in [4.69, 9.17) is 15.2 Å². The average Bonchev–Trinajstić information content (AvgIpc) is 2.43. The molecule has 21 heavy (non-hydrogen) atoms. The van der Waals surface area contributed by atoms with Crippen molar-refractivity contribution >= 4 is 11.5 Å². The highest BCUT2D eigenvalue weighted by molar-refractivity contribution is 5.50. The van der Waals surface area contributed by atoms with Crippen molar-refractivity contribution < 1.29 is 14.4 Å². The standard InChI is InChI=1S/C13H14N4O4/c1-8-5-12(14)16-13(15-8)7-21-11-4-3-9(20-2)6-10(11)17(18)19/h3-6H,7H2,1-2H3,(H2,14,15,16). The second kappa shape index (κ2) is 6.04. The third kappa shape index (κ3) is 3.56. The van der Waals surface area contributed by atoms with E-state index < -0.39 is 4.92 Å². The summed E-state index contributed by atoms with van der Waals surface area (Å²) < 4.78 is 10.4. The number of nitro benzene ring substituents is 1. The molecule has 0 aliphatic carbocycles. The van der Waals surface area contributed by atoms with E-state index in [1.165, 1.54) is 19.2 Å². The maximum atomic E-state index is 11.0. The lowest BCUT2D eigenvalue weighted by molar-refractivity contribution is -0.386. The minimum absolute atomic E-state index is 0.0148. The number of nitro groups is 1. The molecule has 8 heteroatoms. The quantitative estimate of drug-likeness (QED) is 0.660. The molecule has 0 unspecified atom stereocenters. The fourth-order valence-electron chi connectivity index (χ4n) is 1.75. The maximum Gasteiger partial charge on any atom is 0.314 e. The number of rotatable bonds is 5. The van der Waals surface area contributed by atoms with Crippen LogP contribution in [0.25, 0.3) is 0 Å². The summed E-state index contributed by atoms with van der Waals surface area (Å²) in [5.74, 6) is 1.18. The first-order valence-electron chi connectivity index (χ1n) is 6.05. The highest BCUT2D eigenvalue weighted by Crippen LogP contribution is 2.31. The SMILES string of the molecule is COc1ccc(OCc2nc(C)cc(N)n2)c([N+](=O)[O-])c1. The molecule has 0 spiro atoms. The van der Waals surface area contributed by atoms with Gasteiger partial charge in [-0.25, -0.2) is 9.97 Å². The van der Waals surface area contributed by atoms with Gasteiger partial charge in [-0.15, -0.1) is 0 Å². The lowest BCUT2D eigenvalue weighted by Gasteiger charge is -2.08. The van der Waals surface area contributed by atoms with Crippen LogP contribution in [0.5, 0.6) is 11.5 Å². The van der Waals surface area contributed by atoms with Gasteiger partial charge < -0.3 is 15.2 Å². The highest BCUT2D eigenvalue weighted by atomic mass is 16.6. The van der Waals surface area contributed by atoms with E-state index in [1.54, 1.807) is 19.1 Å². The zero-order valence-corrected chi connectivity index (χ0v) is 11.6. The Labute approximate surface area is 120 Å². The molecular formula is C13H14N4O4. The molecule has 2 rings (SSSR count). The van der Waals surface area contributed by atoms with E-state index in [-0.39, 0.29) is 18.0 Å². The Balaban J connectivity index is 2.21. The second-order valence-corrected chi connectivity index (χ2v) is 4.23. The predicted octanol–water partition coefficient (Wildman–Crippen LogP) is 1.86. The Morgan fingerprint density at radius 2 is 2.10 bits per heavy atom. The van der Waals surface area contributed by atoms with E-state index in [0.29, 0.717) is 23.1 Å². The minimum Gasteiger partial charge on any atom is -0.496 e. The zero-order valence-electron chi connectivity index (χ0n) is 11.6. The van der Waals surface area contributed by atoms with E-state index in [9.17, 15) is 10.1 Å². The molecule has 0 saturated carbocycles. The number of hydrogen-bond acceptors (Lipinski definition) is 7. The van der Waals surface area contributed by atoms with Crippen LogP contribution >= 0.6 is 0 Å². The molecule has 0 aliphatic heterocycles. The van der Waals surface area contributed by atoms with Gasteiger partial charge in [0, 0.05) is 11.8 Å². The van der Waals surface area contributed by atoms with Crippen molar-refractivity contribution in [2.24, 2.45) is 0 Å². The maximum absolute atomic E-state index is 11.0. The van der Waals surface area contributed by atoms with Crippen molar-refractivity contribution in [3.05, 3.63) is 45.9 Å². The number of nitrogen functional groups attached to an aromatic ring is 1. The zero-order chi connectivity index (χ0) is 15.4. The smallest absolute Gasteiger partial charge is 0.314 e. The molecule has 0 atom stereocenters. The molecular weight excluding hydrogens is 276 g/mol. The van der Waals surface area contributed by atoms with Crippen LogP contribution < -0.4 is 15.2 Å². The van der Waals surface area contributed by atoms with Gasteiger partial charge in [0.1, 0.15) is 18.2 Å². The Kier molecular flexibility index (Phi) is 4.17. The molecule has 110 valence electrons. The van der Waals surface area contributed by atoms with Crippen LogP contribution in [0.15, 0.2) is 24.3 Å². The van der Waals surface area contributed by atoms with Crippen LogP contribution in [0.4, 0.5) is 11.5 Å². The van der Waals surface area contributed by atoms with E-state index in [1.807, 2.05) is 0 Å². The van der Waals surface area contributed by atoms with Gasteiger partial charge in [0.2, 0.25) is 0 Å². The number of aryl methyl sites for hydroxylation is 1. The van der Waals surface area contributed by atoms with Crippen molar-refractivity contribution in [1.82, 2.24) is 9.97 Å². The summed E-state index contributed by atoms with van der Waals surface area (Å²) in [6.45, 7) is 1.76. The molecule has 0 amide bonds. The van der Waals surface area contributed by atoms with Crippen molar-refractivity contribution in [3.63, 3.8) is 0 Å². The van der Waals surface area contributed by atoms with Gasteiger partial charge in [-0.1, -0.05) is 0 Å². The van der Waals surface area contributed by atoms with Crippen LogP contribution in [0, 0.1) is 17.0 Å². The van der Waals surface area contributed by atoms with Crippen LogP contribution in [-0.4, -0.2) is 22.0 Å². The normalized spacial score (nSPS) is 10.2. The van der Waals surface area contributed by atoms with Gasteiger partial charge in [-0.2, -0.15) is 0 Å². The summed E-state index contributed by atoms with van der Waals surface area (Å²) in [5.41, 5.74) is 6.13.